The first kappa shape index (κ1) is 15.3. The van der Waals surface area contributed by atoms with E-state index in [-0.39, 0.29) is 5.52 Å². The highest BCUT2D eigenvalue weighted by atomic mass is 16.3. The molecule has 1 unspecified atom stereocenters. The lowest BCUT2D eigenvalue weighted by atomic mass is 10.0. The van der Waals surface area contributed by atoms with E-state index in [1.54, 1.807) is 14.0 Å². The van der Waals surface area contributed by atoms with Crippen molar-refractivity contribution in [1.82, 2.24) is 19.1 Å². The zero-order valence-electron chi connectivity index (χ0n) is 12.7. The van der Waals surface area contributed by atoms with Gasteiger partial charge < -0.3 is 15.4 Å². The molecule has 21 heavy (non-hydrogen) atoms. The van der Waals surface area contributed by atoms with Crippen molar-refractivity contribution in [3.8, 4) is 0 Å². The van der Waals surface area contributed by atoms with Crippen LogP contribution in [0.25, 0.3) is 11.2 Å². The Balaban J connectivity index is 2.37. The molecule has 0 radical (unpaired) electrons. The standard InChI is InChI=1S/C13H21N5O3/c1-5-6-13(2,21)7-14-11-15-8-9(16-11)17(3)12(20)18(4)10(8)19/h21H,5-7H2,1-4H3,(H2,14,15,16). The summed E-state index contributed by atoms with van der Waals surface area (Å²) >= 11 is 0. The minimum absolute atomic E-state index is 0.261. The Kier molecular flexibility index (Phi) is 3.91. The molecule has 0 aliphatic carbocycles. The van der Waals surface area contributed by atoms with Crippen LogP contribution in [-0.2, 0) is 14.1 Å². The van der Waals surface area contributed by atoms with Crippen LogP contribution in [0.2, 0.25) is 0 Å². The maximum atomic E-state index is 12.0. The van der Waals surface area contributed by atoms with Crippen molar-refractivity contribution >= 4 is 17.1 Å². The van der Waals surface area contributed by atoms with Gasteiger partial charge in [0.1, 0.15) is 0 Å². The number of fused-ring (bicyclic) bond motifs is 1. The van der Waals surface area contributed by atoms with Crippen LogP contribution >= 0.6 is 0 Å². The van der Waals surface area contributed by atoms with Gasteiger partial charge >= 0.3 is 5.69 Å². The molecule has 0 fully saturated rings. The van der Waals surface area contributed by atoms with Crippen LogP contribution in [0.5, 0.6) is 0 Å². The third-order valence-corrected chi connectivity index (χ3v) is 3.52. The van der Waals surface area contributed by atoms with E-state index in [0.717, 1.165) is 11.0 Å². The number of anilines is 1. The van der Waals surface area contributed by atoms with Crippen LogP contribution in [0.15, 0.2) is 9.59 Å². The third-order valence-electron chi connectivity index (χ3n) is 3.52. The Bertz CT molecular complexity index is 768. The number of imidazole rings is 1. The number of aryl methyl sites for hydroxylation is 1. The van der Waals surface area contributed by atoms with E-state index in [0.29, 0.717) is 24.6 Å². The average molecular weight is 295 g/mol. The van der Waals surface area contributed by atoms with Crippen LogP contribution in [0.1, 0.15) is 26.7 Å². The molecule has 8 nitrogen and oxygen atoms in total. The number of aromatic amines is 1. The van der Waals surface area contributed by atoms with Gasteiger partial charge in [0.05, 0.1) is 5.60 Å². The molecule has 0 aliphatic heterocycles. The van der Waals surface area contributed by atoms with Crippen LogP contribution in [-0.4, -0.2) is 36.4 Å². The van der Waals surface area contributed by atoms with E-state index in [4.69, 9.17) is 0 Å². The largest absolute Gasteiger partial charge is 0.388 e. The zero-order chi connectivity index (χ0) is 15.8. The van der Waals surface area contributed by atoms with Crippen molar-refractivity contribution < 1.29 is 5.11 Å². The van der Waals surface area contributed by atoms with Gasteiger partial charge in [-0.1, -0.05) is 13.3 Å². The molecule has 3 N–H and O–H groups in total. The quantitative estimate of drug-likeness (QED) is 0.716. The number of rotatable bonds is 5. The second kappa shape index (κ2) is 5.36. The molecule has 0 saturated carbocycles. The van der Waals surface area contributed by atoms with Crippen LogP contribution < -0.4 is 16.6 Å². The first-order valence-corrected chi connectivity index (χ1v) is 6.89. The molecule has 0 saturated heterocycles. The summed E-state index contributed by atoms with van der Waals surface area (Å²) in [6.07, 6.45) is 1.52. The molecule has 0 spiro atoms. The highest BCUT2D eigenvalue weighted by molar-refractivity contribution is 5.72. The lowest BCUT2D eigenvalue weighted by Gasteiger charge is -2.22. The van der Waals surface area contributed by atoms with E-state index < -0.39 is 16.9 Å². The molecule has 0 aromatic carbocycles. The molecule has 2 heterocycles. The number of nitrogens with one attached hydrogen (secondary N) is 2. The van der Waals surface area contributed by atoms with Crippen molar-refractivity contribution in [2.24, 2.45) is 14.1 Å². The normalized spacial score (nSPS) is 14.3. The highest BCUT2D eigenvalue weighted by Crippen LogP contribution is 2.14. The molecule has 1 atom stereocenters. The Hall–Kier alpha value is -2.09. The van der Waals surface area contributed by atoms with Gasteiger partial charge in [-0.3, -0.25) is 13.9 Å². The minimum Gasteiger partial charge on any atom is -0.388 e. The van der Waals surface area contributed by atoms with Gasteiger partial charge in [0.25, 0.3) is 5.56 Å². The predicted octanol–water partition coefficient (Wildman–Crippen LogP) is -0.0767. The van der Waals surface area contributed by atoms with Crippen molar-refractivity contribution in [1.29, 1.82) is 0 Å². The Morgan fingerprint density at radius 1 is 1.33 bits per heavy atom. The summed E-state index contributed by atoms with van der Waals surface area (Å²) in [4.78, 5) is 30.9. The van der Waals surface area contributed by atoms with E-state index in [1.165, 1.54) is 11.6 Å². The average Bonchev–Trinajstić information content (AvgIpc) is 2.85. The Morgan fingerprint density at radius 3 is 2.62 bits per heavy atom. The summed E-state index contributed by atoms with van der Waals surface area (Å²) in [6, 6.07) is 0. The van der Waals surface area contributed by atoms with Gasteiger partial charge in [0.2, 0.25) is 5.95 Å². The maximum Gasteiger partial charge on any atom is 0.332 e. The van der Waals surface area contributed by atoms with Crippen LogP contribution in [0.3, 0.4) is 0 Å². The fourth-order valence-corrected chi connectivity index (χ4v) is 2.31. The maximum absolute atomic E-state index is 12.0. The highest BCUT2D eigenvalue weighted by Gasteiger charge is 2.20. The number of aromatic nitrogens is 4. The van der Waals surface area contributed by atoms with Crippen molar-refractivity contribution in [3.05, 3.63) is 20.8 Å². The summed E-state index contributed by atoms with van der Waals surface area (Å²) in [5.41, 5.74) is -1.15. The topological polar surface area (TPSA) is 105 Å². The first-order valence-electron chi connectivity index (χ1n) is 6.89. The second-order valence-corrected chi connectivity index (χ2v) is 5.59. The lowest BCUT2D eigenvalue weighted by Crippen LogP contribution is -2.36. The molecular formula is C13H21N5O3. The number of H-pyrrole nitrogens is 1. The predicted molar refractivity (Wildman–Crippen MR) is 80.6 cm³/mol. The fraction of sp³-hybridized carbons (Fsp3) is 0.615. The van der Waals surface area contributed by atoms with E-state index in [2.05, 4.69) is 15.3 Å². The Labute approximate surface area is 121 Å². The van der Waals surface area contributed by atoms with Crippen LogP contribution in [0, 0.1) is 0 Å². The number of aliphatic hydroxyl groups is 1. The summed E-state index contributed by atoms with van der Waals surface area (Å²) in [5.74, 6) is 0.361. The summed E-state index contributed by atoms with van der Waals surface area (Å²) in [6.45, 7) is 4.03. The SMILES string of the molecule is CCCC(C)(O)CNc1nc2c([nH]1)c(=O)n(C)c(=O)n2C. The van der Waals surface area contributed by atoms with Crippen molar-refractivity contribution in [2.75, 3.05) is 11.9 Å². The number of hydrogen-bond donors (Lipinski definition) is 3. The summed E-state index contributed by atoms with van der Waals surface area (Å²) in [5, 5.41) is 13.1. The molecule has 0 aliphatic rings. The number of hydrogen-bond acceptors (Lipinski definition) is 5. The third kappa shape index (κ3) is 2.85. The van der Waals surface area contributed by atoms with Gasteiger partial charge in [-0.05, 0) is 13.3 Å². The molecule has 8 heteroatoms. The molecule has 116 valence electrons. The molecule has 2 aromatic heterocycles. The van der Waals surface area contributed by atoms with E-state index in [9.17, 15) is 14.7 Å². The molecule has 2 rings (SSSR count). The van der Waals surface area contributed by atoms with Gasteiger partial charge in [-0.2, -0.15) is 4.98 Å². The van der Waals surface area contributed by atoms with Gasteiger partial charge in [-0.15, -0.1) is 0 Å². The van der Waals surface area contributed by atoms with E-state index in [1.807, 2.05) is 6.92 Å². The summed E-state index contributed by atoms with van der Waals surface area (Å²) in [7, 11) is 2.98. The first-order chi connectivity index (χ1) is 9.76. The van der Waals surface area contributed by atoms with Gasteiger partial charge in [0.15, 0.2) is 11.2 Å². The smallest absolute Gasteiger partial charge is 0.332 e. The second-order valence-electron chi connectivity index (χ2n) is 5.59. The lowest BCUT2D eigenvalue weighted by molar-refractivity contribution is 0.0635. The number of nitrogens with zero attached hydrogens (tertiary/aromatic N) is 3. The van der Waals surface area contributed by atoms with Gasteiger partial charge in [0, 0.05) is 20.6 Å². The summed E-state index contributed by atoms with van der Waals surface area (Å²) < 4.78 is 2.33. The van der Waals surface area contributed by atoms with Crippen LogP contribution in [0.4, 0.5) is 5.95 Å². The molecule has 2 aromatic rings. The van der Waals surface area contributed by atoms with E-state index >= 15 is 0 Å². The molecule has 0 amide bonds. The molecule has 0 bridgehead atoms. The zero-order valence-corrected chi connectivity index (χ0v) is 12.7. The van der Waals surface area contributed by atoms with Crippen molar-refractivity contribution in [3.63, 3.8) is 0 Å². The minimum atomic E-state index is -0.857. The van der Waals surface area contributed by atoms with Crippen molar-refractivity contribution in [2.45, 2.75) is 32.3 Å². The molecular weight excluding hydrogens is 274 g/mol. The fourth-order valence-electron chi connectivity index (χ4n) is 2.31. The Morgan fingerprint density at radius 2 is 2.00 bits per heavy atom. The monoisotopic (exact) mass is 295 g/mol. The van der Waals surface area contributed by atoms with Gasteiger partial charge in [-0.25, -0.2) is 4.79 Å².